The van der Waals surface area contributed by atoms with Crippen molar-refractivity contribution in [3.63, 3.8) is 0 Å². The van der Waals surface area contributed by atoms with Crippen molar-refractivity contribution in [3.05, 3.63) is 0 Å². The molecule has 13 heavy (non-hydrogen) atoms. The summed E-state index contributed by atoms with van der Waals surface area (Å²) in [5.74, 6) is 1.67. The summed E-state index contributed by atoms with van der Waals surface area (Å²) in [7, 11) is 0. The summed E-state index contributed by atoms with van der Waals surface area (Å²) in [4.78, 5) is 21.8. The predicted octanol–water partition coefficient (Wildman–Crippen LogP) is -0.830. The average molecular weight is 200 g/mol. The molecule has 1 unspecified atom stereocenters. The van der Waals surface area contributed by atoms with Crippen molar-refractivity contribution in [2.24, 2.45) is 0 Å². The molecule has 0 rings (SSSR count). The summed E-state index contributed by atoms with van der Waals surface area (Å²) in [5, 5.41) is 4.39. The van der Waals surface area contributed by atoms with Gasteiger partial charge in [0.1, 0.15) is 0 Å². The Balaban J connectivity index is 3.59. The van der Waals surface area contributed by atoms with Crippen LogP contribution in [0.25, 0.3) is 0 Å². The number of terminal acetylenes is 1. The highest BCUT2D eigenvalue weighted by molar-refractivity contribution is 7.81. The van der Waals surface area contributed by atoms with Gasteiger partial charge in [-0.25, -0.2) is 0 Å². The summed E-state index contributed by atoms with van der Waals surface area (Å²) < 4.78 is 0. The number of hydrogen-bond donors (Lipinski definition) is 3. The van der Waals surface area contributed by atoms with Crippen LogP contribution in [-0.2, 0) is 9.59 Å². The van der Waals surface area contributed by atoms with E-state index in [1.807, 2.05) is 0 Å². The zero-order chi connectivity index (χ0) is 10.3. The first-order valence-electron chi connectivity index (χ1n) is 3.74. The van der Waals surface area contributed by atoms with E-state index in [4.69, 9.17) is 6.42 Å². The third kappa shape index (κ3) is 6.05. The highest BCUT2D eigenvalue weighted by Crippen LogP contribution is 1.89. The molecule has 0 bridgehead atoms. The van der Waals surface area contributed by atoms with Crippen LogP contribution in [0.1, 0.15) is 6.92 Å². The molecule has 5 heteroatoms. The maximum absolute atomic E-state index is 10.9. The minimum absolute atomic E-state index is 0.0641. The smallest absolute Gasteiger partial charge is 0.240 e. The minimum atomic E-state index is -0.416. The Hall–Kier alpha value is -1.15. The Morgan fingerprint density at radius 2 is 2.15 bits per heavy atom. The first-order chi connectivity index (χ1) is 6.07. The molecule has 0 aromatic rings. The van der Waals surface area contributed by atoms with Crippen molar-refractivity contribution >= 4 is 24.4 Å². The van der Waals surface area contributed by atoms with Crippen LogP contribution in [0, 0.1) is 12.3 Å². The Kier molecular flexibility index (Phi) is 5.81. The lowest BCUT2D eigenvalue weighted by atomic mass is 10.4. The van der Waals surface area contributed by atoms with Gasteiger partial charge in [0.15, 0.2) is 0 Å². The summed E-state index contributed by atoms with van der Waals surface area (Å²) in [6, 6.07) is 0. The van der Waals surface area contributed by atoms with Crippen LogP contribution in [0.3, 0.4) is 0 Å². The Bertz CT molecular complexity index is 233. The lowest BCUT2D eigenvalue weighted by Gasteiger charge is -2.06. The summed E-state index contributed by atoms with van der Waals surface area (Å²) in [6.07, 6.45) is 4.92. The molecular weight excluding hydrogens is 188 g/mol. The topological polar surface area (TPSA) is 58.2 Å². The summed E-state index contributed by atoms with van der Waals surface area (Å²) >= 11 is 3.89. The van der Waals surface area contributed by atoms with Gasteiger partial charge in [0.2, 0.25) is 11.8 Å². The molecular formula is C8H12N2O2S. The molecule has 0 aliphatic heterocycles. The van der Waals surface area contributed by atoms with E-state index in [-0.39, 0.29) is 24.9 Å². The van der Waals surface area contributed by atoms with E-state index < -0.39 is 5.25 Å². The molecule has 0 saturated heterocycles. The average Bonchev–Trinajstić information content (AvgIpc) is 2.10. The first-order valence-corrected chi connectivity index (χ1v) is 4.25. The van der Waals surface area contributed by atoms with Crippen LogP contribution in [-0.4, -0.2) is 30.2 Å². The van der Waals surface area contributed by atoms with Gasteiger partial charge in [-0.2, -0.15) is 12.6 Å². The van der Waals surface area contributed by atoms with Crippen LogP contribution >= 0.6 is 12.6 Å². The summed E-state index contributed by atoms with van der Waals surface area (Å²) in [6.45, 7) is 1.73. The fourth-order valence-corrected chi connectivity index (χ4v) is 0.619. The predicted molar refractivity (Wildman–Crippen MR) is 53.3 cm³/mol. The SMILES string of the molecule is C#CCNC(=O)CNC(=O)C(C)S. The third-order valence-corrected chi connectivity index (χ3v) is 1.42. The largest absolute Gasteiger partial charge is 0.346 e. The molecule has 1 atom stereocenters. The zero-order valence-corrected chi connectivity index (χ0v) is 8.23. The van der Waals surface area contributed by atoms with Gasteiger partial charge >= 0.3 is 0 Å². The molecule has 0 radical (unpaired) electrons. The number of carbonyl (C=O) groups excluding carboxylic acids is 2. The number of amides is 2. The standard InChI is InChI=1S/C8H12N2O2S/c1-3-4-9-7(11)5-10-8(12)6(2)13/h1,6,13H,4-5H2,2H3,(H,9,11)(H,10,12). The Morgan fingerprint density at radius 1 is 1.54 bits per heavy atom. The van der Waals surface area contributed by atoms with E-state index in [9.17, 15) is 9.59 Å². The van der Waals surface area contributed by atoms with Crippen LogP contribution in [0.15, 0.2) is 0 Å². The number of rotatable bonds is 4. The van der Waals surface area contributed by atoms with Gasteiger partial charge < -0.3 is 10.6 Å². The molecule has 0 aliphatic carbocycles. The van der Waals surface area contributed by atoms with Crippen molar-refractivity contribution in [1.29, 1.82) is 0 Å². The lowest BCUT2D eigenvalue weighted by Crippen LogP contribution is -2.39. The molecule has 0 heterocycles. The van der Waals surface area contributed by atoms with Gasteiger partial charge in [0, 0.05) is 0 Å². The van der Waals surface area contributed by atoms with Crippen LogP contribution in [0.5, 0.6) is 0 Å². The van der Waals surface area contributed by atoms with E-state index in [1.165, 1.54) is 0 Å². The van der Waals surface area contributed by atoms with Crippen molar-refractivity contribution in [2.45, 2.75) is 12.2 Å². The van der Waals surface area contributed by atoms with Crippen molar-refractivity contribution in [3.8, 4) is 12.3 Å². The molecule has 0 fully saturated rings. The molecule has 4 nitrogen and oxygen atoms in total. The van der Waals surface area contributed by atoms with Crippen LogP contribution in [0.4, 0.5) is 0 Å². The van der Waals surface area contributed by atoms with Gasteiger partial charge in [-0.15, -0.1) is 6.42 Å². The number of hydrogen-bond acceptors (Lipinski definition) is 3. The molecule has 2 amide bonds. The highest BCUT2D eigenvalue weighted by Gasteiger charge is 2.08. The molecule has 0 saturated carbocycles. The van der Waals surface area contributed by atoms with Crippen molar-refractivity contribution in [2.75, 3.05) is 13.1 Å². The van der Waals surface area contributed by atoms with Crippen molar-refractivity contribution in [1.82, 2.24) is 10.6 Å². The molecule has 2 N–H and O–H groups in total. The second kappa shape index (κ2) is 6.38. The van der Waals surface area contributed by atoms with Crippen molar-refractivity contribution < 1.29 is 9.59 Å². The van der Waals surface area contributed by atoms with E-state index in [2.05, 4.69) is 29.2 Å². The Morgan fingerprint density at radius 3 is 2.62 bits per heavy atom. The normalized spacial score (nSPS) is 11.2. The maximum Gasteiger partial charge on any atom is 0.240 e. The van der Waals surface area contributed by atoms with Gasteiger partial charge in [0.25, 0.3) is 0 Å². The van der Waals surface area contributed by atoms with E-state index in [0.29, 0.717) is 0 Å². The quantitative estimate of drug-likeness (QED) is 0.410. The van der Waals surface area contributed by atoms with E-state index >= 15 is 0 Å². The number of carbonyl (C=O) groups is 2. The molecule has 0 aromatic heterocycles. The van der Waals surface area contributed by atoms with Gasteiger partial charge in [-0.05, 0) is 6.92 Å². The van der Waals surface area contributed by atoms with E-state index in [1.54, 1.807) is 6.92 Å². The molecule has 72 valence electrons. The molecule has 0 aromatic carbocycles. The fourth-order valence-electron chi connectivity index (χ4n) is 0.527. The van der Waals surface area contributed by atoms with Gasteiger partial charge in [-0.3, -0.25) is 9.59 Å². The maximum atomic E-state index is 10.9. The Labute approximate surface area is 82.9 Å². The van der Waals surface area contributed by atoms with E-state index in [0.717, 1.165) is 0 Å². The highest BCUT2D eigenvalue weighted by atomic mass is 32.1. The minimum Gasteiger partial charge on any atom is -0.346 e. The first kappa shape index (κ1) is 11.8. The van der Waals surface area contributed by atoms with Crippen LogP contribution < -0.4 is 10.6 Å². The number of thiol groups is 1. The lowest BCUT2D eigenvalue weighted by molar-refractivity contribution is -0.125. The van der Waals surface area contributed by atoms with Gasteiger partial charge in [-0.1, -0.05) is 5.92 Å². The fraction of sp³-hybridized carbons (Fsp3) is 0.500. The molecule has 0 spiro atoms. The van der Waals surface area contributed by atoms with Gasteiger partial charge in [0.05, 0.1) is 18.3 Å². The summed E-state index contributed by atoms with van der Waals surface area (Å²) in [5.41, 5.74) is 0. The molecule has 0 aliphatic rings. The van der Waals surface area contributed by atoms with Crippen LogP contribution in [0.2, 0.25) is 0 Å². The second-order valence-corrected chi connectivity index (χ2v) is 3.15. The zero-order valence-electron chi connectivity index (χ0n) is 7.33. The monoisotopic (exact) mass is 200 g/mol. The third-order valence-electron chi connectivity index (χ3n) is 1.19. The number of nitrogens with one attached hydrogen (secondary N) is 2. The second-order valence-electron chi connectivity index (χ2n) is 2.37.